The molecule has 0 spiro atoms. The molecule has 6 atom stereocenters. The second-order valence-electron chi connectivity index (χ2n) is 11.1. The SMILES string of the molecule is N#Cc1ccnc(NC(=O)c2ccc(-c3nc(C45CC6C4C4C5CC64C(=O)O)n4ccnc(N)c34)c(F)c2)c1. The molecule has 3 heterocycles. The first kappa shape index (κ1) is 22.2. The molecule has 0 radical (unpaired) electrons. The molecule has 0 bridgehead atoms. The van der Waals surface area contributed by atoms with Crippen LogP contribution in [-0.2, 0) is 10.2 Å². The number of aromatic nitrogens is 4. The number of nitriles is 1. The van der Waals surface area contributed by atoms with E-state index in [-0.39, 0.29) is 51.8 Å². The maximum Gasteiger partial charge on any atom is 0.310 e. The third kappa shape index (κ3) is 2.38. The van der Waals surface area contributed by atoms with Crippen LogP contribution >= 0.6 is 0 Å². The van der Waals surface area contributed by atoms with Crippen molar-refractivity contribution >= 4 is 29.0 Å². The minimum absolute atomic E-state index is 0.0754. The van der Waals surface area contributed by atoms with Crippen LogP contribution in [0.25, 0.3) is 16.8 Å². The zero-order valence-corrected chi connectivity index (χ0v) is 20.3. The van der Waals surface area contributed by atoms with E-state index in [1.165, 1.54) is 30.5 Å². The number of nitrogens with one attached hydrogen (secondary N) is 1. The Labute approximate surface area is 220 Å². The number of hydrogen-bond donors (Lipinski definition) is 3. The topological polar surface area (TPSA) is 159 Å². The van der Waals surface area contributed by atoms with E-state index >= 15 is 4.39 Å². The lowest BCUT2D eigenvalue weighted by Gasteiger charge is -2.92. The van der Waals surface area contributed by atoms with E-state index in [1.807, 2.05) is 10.5 Å². The summed E-state index contributed by atoms with van der Waals surface area (Å²) in [4.78, 5) is 37.9. The smallest absolute Gasteiger partial charge is 0.310 e. The van der Waals surface area contributed by atoms with E-state index in [9.17, 15) is 14.7 Å². The molecule has 4 saturated carbocycles. The van der Waals surface area contributed by atoms with Crippen LogP contribution in [0.5, 0.6) is 0 Å². The molecule has 1 amide bonds. The van der Waals surface area contributed by atoms with E-state index in [0.29, 0.717) is 23.2 Å². The highest BCUT2D eigenvalue weighted by Gasteiger charge is 2.95. The number of aliphatic carboxylic acids is 1. The molecule has 1 aromatic carbocycles. The van der Waals surface area contributed by atoms with Crippen LogP contribution in [-0.4, -0.2) is 36.3 Å². The summed E-state index contributed by atoms with van der Waals surface area (Å²) >= 11 is 0. The number of imidazole rings is 1. The van der Waals surface area contributed by atoms with Crippen molar-refractivity contribution in [2.24, 2.45) is 29.1 Å². The Hall–Kier alpha value is -4.85. The molecule has 4 N–H and O–H groups in total. The van der Waals surface area contributed by atoms with Crippen molar-refractivity contribution in [3.05, 3.63) is 71.7 Å². The lowest BCUT2D eigenvalue weighted by atomic mass is 9.09. The second-order valence-corrected chi connectivity index (χ2v) is 11.1. The molecule has 11 heteroatoms. The molecule has 6 unspecified atom stereocenters. The number of carboxylic acid groups (broad SMARTS) is 1. The van der Waals surface area contributed by atoms with Gasteiger partial charge in [-0.1, -0.05) is 0 Å². The summed E-state index contributed by atoms with van der Waals surface area (Å²) in [6.07, 6.45) is 6.18. The Kier molecular flexibility index (Phi) is 3.96. The molecule has 10 nitrogen and oxygen atoms in total. The van der Waals surface area contributed by atoms with Gasteiger partial charge in [0, 0.05) is 35.1 Å². The molecule has 0 aliphatic heterocycles. The largest absolute Gasteiger partial charge is 0.481 e. The molecular weight excluding hydrogens is 501 g/mol. The van der Waals surface area contributed by atoms with Gasteiger partial charge < -0.3 is 16.2 Å². The number of nitrogens with zero attached hydrogens (tertiary/aromatic N) is 5. The van der Waals surface area contributed by atoms with Crippen LogP contribution in [0.2, 0.25) is 0 Å². The Bertz CT molecular complexity index is 1830. The first-order valence-electron chi connectivity index (χ1n) is 12.6. The zero-order chi connectivity index (χ0) is 26.8. The van der Waals surface area contributed by atoms with E-state index in [4.69, 9.17) is 16.0 Å². The zero-order valence-electron chi connectivity index (χ0n) is 20.3. The fourth-order valence-electron chi connectivity index (χ4n) is 8.34. The van der Waals surface area contributed by atoms with Crippen molar-refractivity contribution in [1.29, 1.82) is 5.26 Å². The first-order valence-corrected chi connectivity index (χ1v) is 12.6. The summed E-state index contributed by atoms with van der Waals surface area (Å²) in [5.41, 5.74) is 6.93. The molecule has 8 rings (SSSR count). The number of nitrogens with two attached hydrogens (primary N) is 1. The van der Waals surface area contributed by atoms with Gasteiger partial charge in [0.15, 0.2) is 0 Å². The number of anilines is 2. The number of hydrogen-bond acceptors (Lipinski definition) is 7. The number of nitrogen functional groups attached to an aromatic ring is 1. The number of carboxylic acids is 1. The van der Waals surface area contributed by atoms with Gasteiger partial charge in [-0.25, -0.2) is 19.3 Å². The van der Waals surface area contributed by atoms with Crippen molar-refractivity contribution in [3.63, 3.8) is 0 Å². The number of carbonyl (C=O) groups excluding carboxylic acids is 1. The molecule has 4 fully saturated rings. The molecule has 4 aromatic rings. The Morgan fingerprint density at radius 2 is 2.00 bits per heavy atom. The molecule has 0 saturated heterocycles. The maximum atomic E-state index is 15.6. The van der Waals surface area contributed by atoms with Crippen LogP contribution in [0.15, 0.2) is 48.9 Å². The van der Waals surface area contributed by atoms with Gasteiger partial charge in [0.25, 0.3) is 5.91 Å². The predicted molar refractivity (Wildman–Crippen MR) is 135 cm³/mol. The maximum absolute atomic E-state index is 15.6. The number of halogens is 1. The van der Waals surface area contributed by atoms with Crippen LogP contribution < -0.4 is 11.1 Å². The Balaban J connectivity index is 1.16. The van der Waals surface area contributed by atoms with E-state index in [0.717, 1.165) is 18.3 Å². The summed E-state index contributed by atoms with van der Waals surface area (Å²) in [5.74, 6) is 0.168. The predicted octanol–water partition coefficient (Wildman–Crippen LogP) is 3.24. The van der Waals surface area contributed by atoms with Gasteiger partial charge in [-0.15, -0.1) is 0 Å². The van der Waals surface area contributed by atoms with Crippen LogP contribution in [0.1, 0.15) is 34.6 Å². The quantitative estimate of drug-likeness (QED) is 0.361. The molecule has 4 aliphatic carbocycles. The number of rotatable bonds is 5. The fraction of sp³-hybridized carbons (Fsp3) is 0.286. The third-order valence-corrected chi connectivity index (χ3v) is 9.90. The standard InChI is InChI=1S/C28H20FN7O3/c29-17-8-13(24(37)34-18-7-12(11-30)3-4-32-18)1-2-14(17)21-22-23(31)33-5-6-36(22)25(35-21)27-9-16-19(27)20-15(27)10-28(16,20)26(38)39/h1-8,15-16,19-20H,9-10H2,(H2,31,33)(H,38,39)(H,32,34,37). The number of pyridine rings is 1. The number of amides is 1. The van der Waals surface area contributed by atoms with Gasteiger partial charge in [0.05, 0.1) is 17.0 Å². The van der Waals surface area contributed by atoms with Gasteiger partial charge in [0.2, 0.25) is 0 Å². The van der Waals surface area contributed by atoms with Crippen molar-refractivity contribution < 1.29 is 19.1 Å². The average Bonchev–Trinajstić information content (AvgIpc) is 3.31. The fourth-order valence-corrected chi connectivity index (χ4v) is 8.34. The number of fused-ring (bicyclic) bond motifs is 3. The summed E-state index contributed by atoms with van der Waals surface area (Å²) in [5, 5.41) is 21.5. The third-order valence-electron chi connectivity index (χ3n) is 9.90. The van der Waals surface area contributed by atoms with Gasteiger partial charge in [-0.2, -0.15) is 5.26 Å². The molecule has 4 aliphatic rings. The summed E-state index contributed by atoms with van der Waals surface area (Å²) in [6.45, 7) is 0. The highest BCUT2D eigenvalue weighted by atomic mass is 19.1. The number of benzene rings is 1. The van der Waals surface area contributed by atoms with Gasteiger partial charge in [-0.3, -0.25) is 14.0 Å². The molecule has 192 valence electrons. The summed E-state index contributed by atoms with van der Waals surface area (Å²) in [6, 6.07) is 9.04. The summed E-state index contributed by atoms with van der Waals surface area (Å²) < 4.78 is 17.5. The van der Waals surface area contributed by atoms with Crippen molar-refractivity contribution in [2.75, 3.05) is 11.1 Å². The van der Waals surface area contributed by atoms with Gasteiger partial charge in [-0.05, 0) is 66.8 Å². The molecular formula is C28H20FN7O3. The van der Waals surface area contributed by atoms with E-state index < -0.39 is 23.1 Å². The highest BCUT2D eigenvalue weighted by molar-refractivity contribution is 6.04. The lowest BCUT2D eigenvalue weighted by Crippen LogP contribution is -2.94. The lowest BCUT2D eigenvalue weighted by molar-refractivity contribution is -0.432. The monoisotopic (exact) mass is 521 g/mol. The van der Waals surface area contributed by atoms with Crippen LogP contribution in [0.3, 0.4) is 0 Å². The normalized spacial score (nSPS) is 30.6. The minimum atomic E-state index is -0.680. The van der Waals surface area contributed by atoms with Gasteiger partial charge in [0.1, 0.15) is 34.5 Å². The number of carbonyl (C=O) groups is 2. The molecule has 3 aromatic heterocycles. The van der Waals surface area contributed by atoms with Gasteiger partial charge >= 0.3 is 5.97 Å². The first-order chi connectivity index (χ1) is 18.8. The van der Waals surface area contributed by atoms with Crippen molar-refractivity contribution in [3.8, 4) is 17.3 Å². The van der Waals surface area contributed by atoms with E-state index in [2.05, 4.69) is 15.3 Å². The highest BCUT2D eigenvalue weighted by Crippen LogP contribution is 2.94. The van der Waals surface area contributed by atoms with E-state index in [1.54, 1.807) is 12.4 Å². The Morgan fingerprint density at radius 3 is 2.67 bits per heavy atom. The van der Waals surface area contributed by atoms with Crippen LogP contribution in [0, 0.1) is 46.2 Å². The Morgan fingerprint density at radius 1 is 1.15 bits per heavy atom. The molecule has 39 heavy (non-hydrogen) atoms. The summed E-state index contributed by atoms with van der Waals surface area (Å²) in [7, 11) is 0. The van der Waals surface area contributed by atoms with Crippen molar-refractivity contribution in [2.45, 2.75) is 18.3 Å². The minimum Gasteiger partial charge on any atom is -0.481 e. The van der Waals surface area contributed by atoms with Crippen molar-refractivity contribution in [1.82, 2.24) is 19.4 Å². The van der Waals surface area contributed by atoms with Crippen LogP contribution in [0.4, 0.5) is 16.0 Å². The second kappa shape index (κ2) is 6.96. The average molecular weight is 522 g/mol.